The third-order valence-electron chi connectivity index (χ3n) is 2.74. The molecule has 0 fully saturated rings. The van der Waals surface area contributed by atoms with Crippen molar-refractivity contribution >= 4 is 5.97 Å². The Bertz CT molecular complexity index is 488. The minimum Gasteiger partial charge on any atom is -0.493 e. The summed E-state index contributed by atoms with van der Waals surface area (Å²) in [5.74, 6) is -1.71. The summed E-state index contributed by atoms with van der Waals surface area (Å²) in [6.07, 6.45) is 5.43. The molecule has 1 aliphatic carbocycles. The minimum atomic E-state index is -1.33. The molecular formula is C13H13FO4. The molecule has 1 aliphatic rings. The Morgan fingerprint density at radius 3 is 2.56 bits per heavy atom. The van der Waals surface area contributed by atoms with E-state index in [4.69, 9.17) is 14.6 Å². The summed E-state index contributed by atoms with van der Waals surface area (Å²) in [7, 11) is 1.38. The van der Waals surface area contributed by atoms with Crippen LogP contribution in [-0.4, -0.2) is 24.3 Å². The predicted octanol–water partition coefficient (Wildman–Crippen LogP) is 2.63. The van der Waals surface area contributed by atoms with Gasteiger partial charge in [0.2, 0.25) is 0 Å². The number of carboxylic acids is 1. The first-order valence-electron chi connectivity index (χ1n) is 5.54. The van der Waals surface area contributed by atoms with Gasteiger partial charge in [-0.05, 0) is 0 Å². The van der Waals surface area contributed by atoms with Crippen molar-refractivity contribution in [2.75, 3.05) is 7.11 Å². The number of hydrogen-bond acceptors (Lipinski definition) is 3. The van der Waals surface area contributed by atoms with Crippen LogP contribution in [0.1, 0.15) is 23.2 Å². The Kier molecular flexibility index (Phi) is 3.50. The quantitative estimate of drug-likeness (QED) is 0.837. The van der Waals surface area contributed by atoms with Gasteiger partial charge in [-0.2, -0.15) is 0 Å². The number of aromatic carboxylic acids is 1. The third kappa shape index (κ3) is 2.45. The molecule has 0 saturated carbocycles. The second-order valence-electron chi connectivity index (χ2n) is 3.97. The Morgan fingerprint density at radius 2 is 2.00 bits per heavy atom. The molecule has 96 valence electrons. The number of hydrogen-bond donors (Lipinski definition) is 1. The van der Waals surface area contributed by atoms with Gasteiger partial charge in [-0.25, -0.2) is 9.18 Å². The Balaban J connectivity index is 2.31. The average Bonchev–Trinajstić information content (AvgIpc) is 2.83. The normalized spacial score (nSPS) is 14.8. The first-order valence-corrected chi connectivity index (χ1v) is 5.54. The number of benzene rings is 1. The van der Waals surface area contributed by atoms with Crippen molar-refractivity contribution in [2.24, 2.45) is 0 Å². The summed E-state index contributed by atoms with van der Waals surface area (Å²) in [6, 6.07) is 2.19. The van der Waals surface area contributed by atoms with E-state index in [1.165, 1.54) is 7.11 Å². The Labute approximate surface area is 104 Å². The number of ether oxygens (including phenoxy) is 2. The van der Waals surface area contributed by atoms with E-state index in [2.05, 4.69) is 0 Å². The summed E-state index contributed by atoms with van der Waals surface area (Å²) >= 11 is 0. The maximum atomic E-state index is 13.5. The molecule has 2 rings (SSSR count). The van der Waals surface area contributed by atoms with Gasteiger partial charge in [-0.15, -0.1) is 0 Å². The molecule has 0 unspecified atom stereocenters. The van der Waals surface area contributed by atoms with Crippen LogP contribution < -0.4 is 9.47 Å². The summed E-state index contributed by atoms with van der Waals surface area (Å²) < 4.78 is 24.1. The molecular weight excluding hydrogens is 239 g/mol. The first-order chi connectivity index (χ1) is 8.61. The minimum absolute atomic E-state index is 0.0500. The molecule has 1 aromatic carbocycles. The molecule has 1 aromatic rings. The van der Waals surface area contributed by atoms with Crippen LogP contribution >= 0.6 is 0 Å². The van der Waals surface area contributed by atoms with Gasteiger partial charge in [-0.3, -0.25) is 0 Å². The molecule has 0 spiro atoms. The molecule has 5 heteroatoms. The summed E-state index contributed by atoms with van der Waals surface area (Å²) in [5.41, 5.74) is -0.420. The monoisotopic (exact) mass is 252 g/mol. The van der Waals surface area contributed by atoms with E-state index in [9.17, 15) is 9.18 Å². The standard InChI is InChI=1S/C13H13FO4/c1-17-11-7-10(14)9(13(15)16)6-12(11)18-8-4-2-3-5-8/h2-3,6-8H,4-5H2,1H3,(H,15,16). The predicted molar refractivity (Wildman–Crippen MR) is 62.7 cm³/mol. The topological polar surface area (TPSA) is 55.8 Å². The molecule has 0 bridgehead atoms. The van der Waals surface area contributed by atoms with Gasteiger partial charge in [0.25, 0.3) is 0 Å². The van der Waals surface area contributed by atoms with Gasteiger partial charge < -0.3 is 14.6 Å². The van der Waals surface area contributed by atoms with E-state index in [1.807, 2.05) is 12.2 Å². The van der Waals surface area contributed by atoms with Crippen molar-refractivity contribution in [3.05, 3.63) is 35.7 Å². The van der Waals surface area contributed by atoms with Gasteiger partial charge in [0.05, 0.1) is 12.7 Å². The molecule has 0 atom stereocenters. The van der Waals surface area contributed by atoms with Crippen LogP contribution in [0.4, 0.5) is 4.39 Å². The van der Waals surface area contributed by atoms with Crippen molar-refractivity contribution in [3.63, 3.8) is 0 Å². The highest BCUT2D eigenvalue weighted by atomic mass is 19.1. The van der Waals surface area contributed by atoms with Crippen LogP contribution in [0.5, 0.6) is 11.5 Å². The second-order valence-corrected chi connectivity index (χ2v) is 3.97. The average molecular weight is 252 g/mol. The molecule has 0 saturated heterocycles. The molecule has 0 aliphatic heterocycles. The van der Waals surface area contributed by atoms with Crippen LogP contribution in [0.25, 0.3) is 0 Å². The fraction of sp³-hybridized carbons (Fsp3) is 0.308. The maximum absolute atomic E-state index is 13.5. The molecule has 18 heavy (non-hydrogen) atoms. The van der Waals surface area contributed by atoms with Crippen molar-refractivity contribution in [1.82, 2.24) is 0 Å². The number of rotatable bonds is 4. The summed E-state index contributed by atoms with van der Waals surface area (Å²) in [5, 5.41) is 8.87. The van der Waals surface area contributed by atoms with Gasteiger partial charge in [0, 0.05) is 25.0 Å². The number of carboxylic acid groups (broad SMARTS) is 1. The largest absolute Gasteiger partial charge is 0.493 e. The van der Waals surface area contributed by atoms with E-state index in [0.717, 1.165) is 25.0 Å². The summed E-state index contributed by atoms with van der Waals surface area (Å²) in [6.45, 7) is 0. The maximum Gasteiger partial charge on any atom is 0.338 e. The van der Waals surface area contributed by atoms with Crippen LogP contribution in [0.3, 0.4) is 0 Å². The van der Waals surface area contributed by atoms with Crippen molar-refractivity contribution < 1.29 is 23.8 Å². The van der Waals surface area contributed by atoms with E-state index < -0.39 is 17.3 Å². The highest BCUT2D eigenvalue weighted by Gasteiger charge is 2.19. The zero-order chi connectivity index (χ0) is 13.1. The fourth-order valence-electron chi connectivity index (χ4n) is 1.82. The van der Waals surface area contributed by atoms with Gasteiger partial charge >= 0.3 is 5.97 Å². The third-order valence-corrected chi connectivity index (χ3v) is 2.74. The number of halogens is 1. The van der Waals surface area contributed by atoms with Gasteiger partial charge in [0.15, 0.2) is 11.5 Å². The van der Waals surface area contributed by atoms with Crippen LogP contribution in [0.2, 0.25) is 0 Å². The lowest BCUT2D eigenvalue weighted by molar-refractivity contribution is 0.0690. The smallest absolute Gasteiger partial charge is 0.338 e. The van der Waals surface area contributed by atoms with Gasteiger partial charge in [0.1, 0.15) is 11.9 Å². The Morgan fingerprint density at radius 1 is 1.33 bits per heavy atom. The Hall–Kier alpha value is -2.04. The number of carbonyl (C=O) groups is 1. The molecule has 0 heterocycles. The van der Waals surface area contributed by atoms with E-state index in [0.29, 0.717) is 0 Å². The summed E-state index contributed by atoms with van der Waals surface area (Å²) in [4.78, 5) is 10.9. The van der Waals surface area contributed by atoms with E-state index >= 15 is 0 Å². The van der Waals surface area contributed by atoms with Crippen LogP contribution in [0.15, 0.2) is 24.3 Å². The van der Waals surface area contributed by atoms with Crippen molar-refractivity contribution in [1.29, 1.82) is 0 Å². The highest BCUT2D eigenvalue weighted by molar-refractivity contribution is 5.88. The molecule has 0 radical (unpaired) electrons. The highest BCUT2D eigenvalue weighted by Crippen LogP contribution is 2.32. The lowest BCUT2D eigenvalue weighted by Gasteiger charge is -2.16. The van der Waals surface area contributed by atoms with Crippen LogP contribution in [-0.2, 0) is 0 Å². The molecule has 0 aromatic heterocycles. The number of methoxy groups -OCH3 is 1. The zero-order valence-corrected chi connectivity index (χ0v) is 9.85. The first kappa shape index (κ1) is 12.4. The van der Waals surface area contributed by atoms with Gasteiger partial charge in [-0.1, -0.05) is 12.2 Å². The van der Waals surface area contributed by atoms with Crippen LogP contribution in [0, 0.1) is 5.82 Å². The van der Waals surface area contributed by atoms with E-state index in [1.54, 1.807) is 0 Å². The lowest BCUT2D eigenvalue weighted by atomic mass is 10.2. The van der Waals surface area contributed by atoms with Crippen molar-refractivity contribution in [2.45, 2.75) is 18.9 Å². The second kappa shape index (κ2) is 5.08. The fourth-order valence-corrected chi connectivity index (χ4v) is 1.82. The molecule has 1 N–H and O–H groups in total. The van der Waals surface area contributed by atoms with Crippen molar-refractivity contribution in [3.8, 4) is 11.5 Å². The lowest BCUT2D eigenvalue weighted by Crippen LogP contribution is -2.13. The molecule has 4 nitrogen and oxygen atoms in total. The zero-order valence-electron chi connectivity index (χ0n) is 9.85. The van der Waals surface area contributed by atoms with E-state index in [-0.39, 0.29) is 17.6 Å². The molecule has 0 amide bonds. The SMILES string of the molecule is COc1cc(F)c(C(=O)O)cc1OC1CC=CC1.